The van der Waals surface area contributed by atoms with Gasteiger partial charge in [0.05, 0.1) is 17.5 Å². The molecule has 0 radical (unpaired) electrons. The van der Waals surface area contributed by atoms with E-state index in [0.29, 0.717) is 0 Å². The molecule has 3 nitrogen and oxygen atoms in total. The molecule has 1 N–H and O–H groups in total. The molecule has 1 rings (SSSR count). The van der Waals surface area contributed by atoms with Crippen molar-refractivity contribution in [3.63, 3.8) is 0 Å². The van der Waals surface area contributed by atoms with Crippen LogP contribution in [0.5, 0.6) is 0 Å². The average Bonchev–Trinajstić information content (AvgIpc) is 2.21. The van der Waals surface area contributed by atoms with Gasteiger partial charge in [0, 0.05) is 13.2 Å². The lowest BCUT2D eigenvalue weighted by atomic mass is 10.00. The van der Waals surface area contributed by atoms with E-state index in [0.717, 1.165) is 12.1 Å². The van der Waals surface area contributed by atoms with E-state index in [9.17, 15) is 4.39 Å². The van der Waals surface area contributed by atoms with Crippen molar-refractivity contribution in [2.24, 2.45) is 0 Å². The number of hydrogen-bond acceptors (Lipinski definition) is 3. The van der Waals surface area contributed by atoms with Gasteiger partial charge in [0.2, 0.25) is 5.95 Å². The van der Waals surface area contributed by atoms with Crippen LogP contribution in [-0.2, 0) is 4.74 Å². The number of anilines is 1. The Labute approximate surface area is 96.0 Å². The van der Waals surface area contributed by atoms with Gasteiger partial charge in [0.25, 0.3) is 0 Å². The van der Waals surface area contributed by atoms with Gasteiger partial charge in [-0.3, -0.25) is 0 Å². The molecule has 0 aliphatic rings. The Morgan fingerprint density at radius 2 is 2.19 bits per heavy atom. The fourth-order valence-corrected chi connectivity index (χ4v) is 1.62. The second kappa shape index (κ2) is 5.25. The highest BCUT2D eigenvalue weighted by atomic mass is 19.1. The topological polar surface area (TPSA) is 34.1 Å². The molecule has 0 saturated heterocycles. The van der Waals surface area contributed by atoms with Crippen LogP contribution in [0.4, 0.5) is 10.1 Å². The summed E-state index contributed by atoms with van der Waals surface area (Å²) in [7, 11) is 1.70. The summed E-state index contributed by atoms with van der Waals surface area (Å²) in [4.78, 5) is 3.59. The van der Waals surface area contributed by atoms with Crippen molar-refractivity contribution in [1.29, 1.82) is 0 Å². The minimum atomic E-state index is -0.463. The molecule has 0 spiro atoms. The lowest BCUT2D eigenvalue weighted by molar-refractivity contribution is 0.0128. The summed E-state index contributed by atoms with van der Waals surface area (Å²) < 4.78 is 17.9. The first kappa shape index (κ1) is 12.9. The van der Waals surface area contributed by atoms with Crippen LogP contribution in [0.3, 0.4) is 0 Å². The number of methoxy groups -OCH3 is 1. The third-order valence-corrected chi connectivity index (χ3v) is 2.49. The Balaban J connectivity index is 2.51. The van der Waals surface area contributed by atoms with Crippen molar-refractivity contribution in [1.82, 2.24) is 4.98 Å². The first-order chi connectivity index (χ1) is 7.43. The number of rotatable bonds is 5. The zero-order valence-electron chi connectivity index (χ0n) is 10.2. The Bertz CT molecular complexity index is 324. The maximum atomic E-state index is 12.6. The Hall–Kier alpha value is -1.16. The monoisotopic (exact) mass is 226 g/mol. The number of nitrogens with one attached hydrogen (secondary N) is 1. The molecule has 1 unspecified atom stereocenters. The molecule has 0 aliphatic carbocycles. The van der Waals surface area contributed by atoms with E-state index >= 15 is 0 Å². The lowest BCUT2D eigenvalue weighted by Gasteiger charge is -2.27. The van der Waals surface area contributed by atoms with E-state index in [4.69, 9.17) is 4.74 Å². The van der Waals surface area contributed by atoms with Crippen molar-refractivity contribution in [2.45, 2.75) is 38.8 Å². The van der Waals surface area contributed by atoms with E-state index in [1.807, 2.05) is 13.8 Å². The maximum absolute atomic E-state index is 12.6. The molecular weight excluding hydrogens is 207 g/mol. The molecule has 0 amide bonds. The van der Waals surface area contributed by atoms with Gasteiger partial charge in [-0.1, -0.05) is 0 Å². The summed E-state index contributed by atoms with van der Waals surface area (Å²) >= 11 is 0. The van der Waals surface area contributed by atoms with Crippen LogP contribution in [-0.4, -0.2) is 23.7 Å². The first-order valence-corrected chi connectivity index (χ1v) is 5.36. The second-order valence-electron chi connectivity index (χ2n) is 4.58. The molecule has 90 valence electrons. The summed E-state index contributed by atoms with van der Waals surface area (Å²) in [5.74, 6) is -0.463. The van der Waals surface area contributed by atoms with Gasteiger partial charge >= 0.3 is 0 Å². The Kier molecular flexibility index (Phi) is 4.24. The van der Waals surface area contributed by atoms with Crippen LogP contribution in [0.25, 0.3) is 0 Å². The van der Waals surface area contributed by atoms with Crippen molar-refractivity contribution in [3.8, 4) is 0 Å². The Morgan fingerprint density at radius 1 is 1.50 bits per heavy atom. The van der Waals surface area contributed by atoms with Gasteiger partial charge in [-0.05, 0) is 39.3 Å². The molecule has 1 aromatic rings. The predicted octanol–water partition coefficient (Wildman–Crippen LogP) is 2.84. The minimum Gasteiger partial charge on any atom is -0.381 e. The van der Waals surface area contributed by atoms with Crippen molar-refractivity contribution < 1.29 is 9.13 Å². The van der Waals surface area contributed by atoms with Crippen molar-refractivity contribution in [2.75, 3.05) is 12.4 Å². The quantitative estimate of drug-likeness (QED) is 0.784. The smallest absolute Gasteiger partial charge is 0.212 e. The molecule has 0 bridgehead atoms. The normalized spacial score (nSPS) is 13.6. The van der Waals surface area contributed by atoms with Gasteiger partial charge in [0.15, 0.2) is 0 Å². The van der Waals surface area contributed by atoms with Crippen LogP contribution in [0, 0.1) is 5.95 Å². The molecule has 0 saturated carbocycles. The number of hydrogen-bond donors (Lipinski definition) is 1. The Morgan fingerprint density at radius 3 is 2.69 bits per heavy atom. The third-order valence-electron chi connectivity index (χ3n) is 2.49. The minimum absolute atomic E-state index is 0.167. The van der Waals surface area contributed by atoms with Crippen molar-refractivity contribution in [3.05, 3.63) is 24.3 Å². The molecule has 16 heavy (non-hydrogen) atoms. The average molecular weight is 226 g/mol. The van der Waals surface area contributed by atoms with E-state index in [2.05, 4.69) is 17.2 Å². The van der Waals surface area contributed by atoms with Crippen LogP contribution < -0.4 is 5.32 Å². The van der Waals surface area contributed by atoms with Crippen molar-refractivity contribution >= 4 is 5.69 Å². The number of nitrogens with zero attached hydrogens (tertiary/aromatic N) is 1. The molecule has 0 aromatic carbocycles. The van der Waals surface area contributed by atoms with E-state index in [1.165, 1.54) is 12.3 Å². The van der Waals surface area contributed by atoms with E-state index in [1.54, 1.807) is 13.2 Å². The summed E-state index contributed by atoms with van der Waals surface area (Å²) in [6, 6.07) is 3.26. The summed E-state index contributed by atoms with van der Waals surface area (Å²) in [6.07, 6.45) is 2.35. The summed E-state index contributed by atoms with van der Waals surface area (Å²) in [5, 5.41) is 3.25. The van der Waals surface area contributed by atoms with Gasteiger partial charge in [-0.15, -0.1) is 0 Å². The highest BCUT2D eigenvalue weighted by molar-refractivity contribution is 5.40. The zero-order valence-corrected chi connectivity index (χ0v) is 10.2. The maximum Gasteiger partial charge on any atom is 0.212 e. The van der Waals surface area contributed by atoms with Crippen LogP contribution in [0.2, 0.25) is 0 Å². The van der Waals surface area contributed by atoms with Gasteiger partial charge in [0.1, 0.15) is 0 Å². The van der Waals surface area contributed by atoms with Gasteiger partial charge in [-0.2, -0.15) is 4.39 Å². The lowest BCUT2D eigenvalue weighted by Crippen LogP contribution is -2.31. The summed E-state index contributed by atoms with van der Waals surface area (Å²) in [6.45, 7) is 6.13. The molecule has 0 fully saturated rings. The van der Waals surface area contributed by atoms with Gasteiger partial charge < -0.3 is 10.1 Å². The largest absolute Gasteiger partial charge is 0.381 e. The molecule has 1 aromatic heterocycles. The van der Waals surface area contributed by atoms with Crippen LogP contribution in [0.1, 0.15) is 27.2 Å². The van der Waals surface area contributed by atoms with Crippen LogP contribution in [0.15, 0.2) is 18.3 Å². The molecule has 1 heterocycles. The standard InChI is InChI=1S/C12H19FN2O/c1-9(7-12(2,3)16-4)15-10-5-6-11(13)14-8-10/h5-6,8-9,15H,7H2,1-4H3. The fourth-order valence-electron chi connectivity index (χ4n) is 1.62. The van der Waals surface area contributed by atoms with E-state index < -0.39 is 5.95 Å². The molecule has 4 heteroatoms. The fraction of sp³-hybridized carbons (Fsp3) is 0.583. The predicted molar refractivity (Wildman–Crippen MR) is 63.0 cm³/mol. The number of ether oxygens (including phenoxy) is 1. The number of pyridine rings is 1. The zero-order chi connectivity index (χ0) is 12.2. The summed E-state index contributed by atoms with van der Waals surface area (Å²) in [5.41, 5.74) is 0.653. The van der Waals surface area contributed by atoms with Gasteiger partial charge in [-0.25, -0.2) is 4.98 Å². The van der Waals surface area contributed by atoms with E-state index in [-0.39, 0.29) is 11.6 Å². The number of aromatic nitrogens is 1. The van der Waals surface area contributed by atoms with Crippen LogP contribution >= 0.6 is 0 Å². The molecular formula is C12H19FN2O. The SMILES string of the molecule is COC(C)(C)CC(C)Nc1ccc(F)nc1. The highest BCUT2D eigenvalue weighted by Crippen LogP contribution is 2.18. The molecule has 1 atom stereocenters. The number of halogens is 1. The second-order valence-corrected chi connectivity index (χ2v) is 4.58. The third kappa shape index (κ3) is 4.14. The first-order valence-electron chi connectivity index (χ1n) is 5.36. The molecule has 0 aliphatic heterocycles. The highest BCUT2D eigenvalue weighted by Gasteiger charge is 2.19.